The topological polar surface area (TPSA) is 109 Å². The van der Waals surface area contributed by atoms with E-state index in [1.165, 1.54) is 4.90 Å². The summed E-state index contributed by atoms with van der Waals surface area (Å²) in [5, 5.41) is 12.0. The van der Waals surface area contributed by atoms with Gasteiger partial charge in [0.15, 0.2) is 0 Å². The van der Waals surface area contributed by atoms with Crippen molar-refractivity contribution in [3.05, 3.63) is 22.8 Å². The van der Waals surface area contributed by atoms with E-state index in [0.717, 1.165) is 9.99 Å². The summed E-state index contributed by atoms with van der Waals surface area (Å²) >= 11 is 3.33. The second kappa shape index (κ2) is 4.54. The maximum atomic E-state index is 11.9. The van der Waals surface area contributed by atoms with Crippen molar-refractivity contribution >= 4 is 48.5 Å². The van der Waals surface area contributed by atoms with Crippen LogP contribution in [-0.2, 0) is 14.8 Å². The summed E-state index contributed by atoms with van der Waals surface area (Å²) in [4.78, 5) is 13.4. The quantitative estimate of drug-likeness (QED) is 0.823. The molecule has 7 nitrogen and oxygen atoms in total. The molecule has 1 atom stereocenters. The molecule has 1 aromatic carbocycles. The average Bonchev–Trinajstić information content (AvgIpc) is 2.93. The largest absolute Gasteiger partial charge is 0.311 e. The Hall–Kier alpha value is -1.45. The van der Waals surface area contributed by atoms with E-state index in [0.29, 0.717) is 11.2 Å². The lowest BCUT2D eigenvalue weighted by atomic mass is 10.2. The van der Waals surface area contributed by atoms with Gasteiger partial charge in [-0.15, -0.1) is 0 Å². The summed E-state index contributed by atoms with van der Waals surface area (Å²) in [5.41, 5.74) is 1.31. The van der Waals surface area contributed by atoms with Crippen molar-refractivity contribution in [2.24, 2.45) is 5.14 Å². The van der Waals surface area contributed by atoms with Gasteiger partial charge in [-0.1, -0.05) is 0 Å². The Morgan fingerprint density at radius 3 is 2.85 bits per heavy atom. The molecule has 1 aromatic heterocycles. The number of aromatic nitrogens is 2. The lowest BCUT2D eigenvalue weighted by molar-refractivity contribution is -0.117. The zero-order valence-electron chi connectivity index (χ0n) is 10.2. The molecule has 2 heterocycles. The number of nitrogens with zero attached hydrogens (tertiary/aromatic N) is 2. The van der Waals surface area contributed by atoms with E-state index < -0.39 is 15.3 Å². The lowest BCUT2D eigenvalue weighted by Crippen LogP contribution is -2.32. The third-order valence-corrected chi connectivity index (χ3v) is 5.21. The number of H-pyrrole nitrogens is 1. The Morgan fingerprint density at radius 2 is 2.20 bits per heavy atom. The van der Waals surface area contributed by atoms with Gasteiger partial charge in [-0.3, -0.25) is 9.89 Å². The number of aromatic amines is 1. The first kappa shape index (κ1) is 13.5. The third-order valence-electron chi connectivity index (χ3n) is 3.36. The average molecular weight is 359 g/mol. The number of anilines is 1. The molecule has 1 fully saturated rings. The van der Waals surface area contributed by atoms with Crippen molar-refractivity contribution in [2.45, 2.75) is 11.7 Å². The van der Waals surface area contributed by atoms with Crippen LogP contribution in [0.4, 0.5) is 5.69 Å². The van der Waals surface area contributed by atoms with Gasteiger partial charge >= 0.3 is 0 Å². The molecule has 1 saturated heterocycles. The first-order valence-electron chi connectivity index (χ1n) is 5.82. The fraction of sp³-hybridized carbons (Fsp3) is 0.273. The molecule has 20 heavy (non-hydrogen) atoms. The number of hydrogen-bond donors (Lipinski definition) is 2. The molecule has 2 aromatic rings. The van der Waals surface area contributed by atoms with Crippen molar-refractivity contribution in [3.63, 3.8) is 0 Å². The minimum atomic E-state index is -3.71. The van der Waals surface area contributed by atoms with Crippen molar-refractivity contribution in [1.29, 1.82) is 0 Å². The van der Waals surface area contributed by atoms with E-state index in [2.05, 4.69) is 26.1 Å². The summed E-state index contributed by atoms with van der Waals surface area (Å²) in [6, 6.07) is 5.31. The predicted molar refractivity (Wildman–Crippen MR) is 77.7 cm³/mol. The highest BCUT2D eigenvalue weighted by Crippen LogP contribution is 2.29. The summed E-state index contributed by atoms with van der Waals surface area (Å²) in [6.45, 7) is 0.0781. The molecule has 9 heteroatoms. The molecule has 1 amide bonds. The van der Waals surface area contributed by atoms with Crippen LogP contribution in [0.25, 0.3) is 10.9 Å². The molecule has 0 aliphatic carbocycles. The van der Waals surface area contributed by atoms with Gasteiger partial charge in [-0.25, -0.2) is 13.6 Å². The monoisotopic (exact) mass is 358 g/mol. The molecule has 0 radical (unpaired) electrons. The number of carbonyl (C=O) groups is 1. The molecular formula is C11H11BrN4O3S. The van der Waals surface area contributed by atoms with Gasteiger partial charge in [0.05, 0.1) is 5.52 Å². The number of primary sulfonamides is 1. The van der Waals surface area contributed by atoms with Crippen LogP contribution >= 0.6 is 15.9 Å². The maximum Gasteiger partial charge on any atom is 0.228 e. The Labute approximate surface area is 123 Å². The van der Waals surface area contributed by atoms with Crippen LogP contribution < -0.4 is 10.0 Å². The van der Waals surface area contributed by atoms with Crippen LogP contribution in [0.1, 0.15) is 6.42 Å². The SMILES string of the molecule is NS(=O)(=O)C1CC(=O)N(c2ccc3c(Br)[nH]nc3c2)C1. The Bertz CT molecular complexity index is 801. The fourth-order valence-electron chi connectivity index (χ4n) is 2.28. The lowest BCUT2D eigenvalue weighted by Gasteiger charge is -2.16. The molecule has 0 saturated carbocycles. The smallest absolute Gasteiger partial charge is 0.228 e. The minimum Gasteiger partial charge on any atom is -0.311 e. The molecular weight excluding hydrogens is 348 g/mol. The number of rotatable bonds is 2. The van der Waals surface area contributed by atoms with Crippen LogP contribution in [0, 0.1) is 0 Å². The van der Waals surface area contributed by atoms with E-state index in [1.54, 1.807) is 12.1 Å². The molecule has 106 valence electrons. The number of hydrogen-bond acceptors (Lipinski definition) is 4. The zero-order chi connectivity index (χ0) is 14.5. The Morgan fingerprint density at radius 1 is 1.45 bits per heavy atom. The predicted octanol–water partition coefficient (Wildman–Crippen LogP) is 0.719. The molecule has 0 spiro atoms. The number of nitrogens with one attached hydrogen (secondary N) is 1. The molecule has 1 unspecified atom stereocenters. The Balaban J connectivity index is 1.97. The summed E-state index contributed by atoms with van der Waals surface area (Å²) < 4.78 is 23.5. The third kappa shape index (κ3) is 2.21. The van der Waals surface area contributed by atoms with Crippen LogP contribution in [0.3, 0.4) is 0 Å². The summed E-state index contributed by atoms with van der Waals surface area (Å²) in [7, 11) is -3.71. The second-order valence-electron chi connectivity index (χ2n) is 4.66. The number of carbonyl (C=O) groups excluding carboxylic acids is 1. The molecule has 1 aliphatic heterocycles. The minimum absolute atomic E-state index is 0.0781. The maximum absolute atomic E-state index is 11.9. The summed E-state index contributed by atoms with van der Waals surface area (Å²) in [5.74, 6) is -0.252. The number of benzene rings is 1. The number of sulfonamides is 1. The van der Waals surface area contributed by atoms with Gasteiger partial charge in [0.2, 0.25) is 15.9 Å². The van der Waals surface area contributed by atoms with Crippen LogP contribution in [0.15, 0.2) is 22.8 Å². The van der Waals surface area contributed by atoms with Crippen molar-refractivity contribution in [2.75, 3.05) is 11.4 Å². The highest BCUT2D eigenvalue weighted by atomic mass is 79.9. The van der Waals surface area contributed by atoms with E-state index in [-0.39, 0.29) is 18.9 Å². The Kier molecular flexibility index (Phi) is 3.07. The zero-order valence-corrected chi connectivity index (χ0v) is 12.6. The molecule has 0 bridgehead atoms. The second-order valence-corrected chi connectivity index (χ2v) is 7.30. The van der Waals surface area contributed by atoms with Crippen LogP contribution in [0.2, 0.25) is 0 Å². The van der Waals surface area contributed by atoms with E-state index in [1.807, 2.05) is 6.07 Å². The standard InChI is InChI=1S/C11H11BrN4O3S/c12-11-8-2-1-6(3-9(8)14-15-11)16-5-7(4-10(16)17)20(13,18)19/h1-3,7H,4-5H2,(H,14,15)(H2,13,18,19). The van der Waals surface area contributed by atoms with Gasteiger partial charge in [-0.05, 0) is 34.1 Å². The number of amides is 1. The van der Waals surface area contributed by atoms with Gasteiger partial charge in [-0.2, -0.15) is 5.10 Å². The van der Waals surface area contributed by atoms with Crippen molar-refractivity contribution < 1.29 is 13.2 Å². The van der Waals surface area contributed by atoms with Gasteiger partial charge in [0, 0.05) is 24.0 Å². The highest BCUT2D eigenvalue weighted by molar-refractivity contribution is 9.10. The van der Waals surface area contributed by atoms with Crippen LogP contribution in [-0.4, -0.2) is 36.3 Å². The molecule has 3 rings (SSSR count). The van der Waals surface area contributed by atoms with Crippen molar-refractivity contribution in [3.8, 4) is 0 Å². The normalized spacial score (nSPS) is 20.0. The van der Waals surface area contributed by atoms with E-state index >= 15 is 0 Å². The van der Waals surface area contributed by atoms with Crippen molar-refractivity contribution in [1.82, 2.24) is 10.2 Å². The van der Waals surface area contributed by atoms with E-state index in [9.17, 15) is 13.2 Å². The highest BCUT2D eigenvalue weighted by Gasteiger charge is 2.37. The van der Waals surface area contributed by atoms with Gasteiger partial charge in [0.1, 0.15) is 9.85 Å². The van der Waals surface area contributed by atoms with Gasteiger partial charge in [0.25, 0.3) is 0 Å². The first-order chi connectivity index (χ1) is 9.36. The fourth-order valence-corrected chi connectivity index (χ4v) is 3.44. The molecule has 1 aliphatic rings. The number of fused-ring (bicyclic) bond motifs is 1. The number of halogens is 1. The summed E-state index contributed by atoms with van der Waals surface area (Å²) in [6.07, 6.45) is -0.0822. The number of nitrogens with two attached hydrogens (primary N) is 1. The molecule has 3 N–H and O–H groups in total. The van der Waals surface area contributed by atoms with Crippen LogP contribution in [0.5, 0.6) is 0 Å². The van der Waals surface area contributed by atoms with E-state index in [4.69, 9.17) is 5.14 Å². The first-order valence-corrected chi connectivity index (χ1v) is 8.22. The van der Waals surface area contributed by atoms with Gasteiger partial charge < -0.3 is 4.90 Å².